The van der Waals surface area contributed by atoms with Crippen molar-refractivity contribution in [1.82, 2.24) is 4.90 Å². The molecule has 5 heteroatoms. The molecule has 3 N–H and O–H groups in total. The number of likely N-dealkylation sites (tertiary alicyclic amines) is 1. The van der Waals surface area contributed by atoms with Crippen molar-refractivity contribution in [2.75, 3.05) is 19.7 Å². The van der Waals surface area contributed by atoms with Crippen LogP contribution in [0.1, 0.15) is 27.2 Å². The first kappa shape index (κ1) is 12.3. The fourth-order valence-corrected chi connectivity index (χ4v) is 1.55. The molecule has 1 aliphatic rings. The van der Waals surface area contributed by atoms with E-state index in [-0.39, 0.29) is 12.7 Å². The fraction of sp³-hybridized carbons (Fsp3) is 0.900. The van der Waals surface area contributed by atoms with Crippen LogP contribution in [0.4, 0.5) is 4.79 Å². The highest BCUT2D eigenvalue weighted by atomic mass is 16.6. The van der Waals surface area contributed by atoms with Crippen LogP contribution >= 0.6 is 0 Å². The molecule has 0 aromatic heterocycles. The number of nitrogens with zero attached hydrogens (tertiary/aromatic N) is 1. The predicted molar refractivity (Wildman–Crippen MR) is 56.4 cm³/mol. The van der Waals surface area contributed by atoms with Crippen molar-refractivity contribution in [2.45, 2.75) is 38.3 Å². The number of hydrogen-bond donors (Lipinski definition) is 2. The van der Waals surface area contributed by atoms with Crippen molar-refractivity contribution in [3.63, 3.8) is 0 Å². The average molecular weight is 216 g/mol. The molecule has 0 aromatic carbocycles. The van der Waals surface area contributed by atoms with Gasteiger partial charge in [0.2, 0.25) is 0 Å². The third-order valence-electron chi connectivity index (χ3n) is 2.27. The summed E-state index contributed by atoms with van der Waals surface area (Å²) in [6.45, 7) is 6.46. The zero-order valence-electron chi connectivity index (χ0n) is 9.62. The molecule has 0 aliphatic carbocycles. The van der Waals surface area contributed by atoms with E-state index in [1.807, 2.05) is 20.8 Å². The van der Waals surface area contributed by atoms with Gasteiger partial charge in [-0.05, 0) is 27.2 Å². The van der Waals surface area contributed by atoms with Gasteiger partial charge in [-0.15, -0.1) is 0 Å². The lowest BCUT2D eigenvalue weighted by Crippen LogP contribution is -2.69. The van der Waals surface area contributed by atoms with Crippen LogP contribution in [0.5, 0.6) is 0 Å². The highest BCUT2D eigenvalue weighted by Crippen LogP contribution is 2.23. The van der Waals surface area contributed by atoms with E-state index in [0.29, 0.717) is 19.5 Å². The number of hydrogen-bond acceptors (Lipinski definition) is 4. The molecule has 88 valence electrons. The molecule has 0 atom stereocenters. The lowest BCUT2D eigenvalue weighted by atomic mass is 9.88. The minimum atomic E-state index is -0.471. The van der Waals surface area contributed by atoms with E-state index in [1.165, 1.54) is 0 Å². The molecule has 0 unspecified atom stereocenters. The summed E-state index contributed by atoms with van der Waals surface area (Å²) in [7, 11) is 0. The van der Waals surface area contributed by atoms with Crippen LogP contribution in [0.15, 0.2) is 0 Å². The number of aliphatic hydroxyl groups excluding tert-OH is 1. The van der Waals surface area contributed by atoms with Gasteiger partial charge in [0.1, 0.15) is 5.60 Å². The third kappa shape index (κ3) is 3.35. The van der Waals surface area contributed by atoms with Gasteiger partial charge >= 0.3 is 6.09 Å². The number of carbonyl (C=O) groups is 1. The van der Waals surface area contributed by atoms with E-state index in [2.05, 4.69) is 0 Å². The summed E-state index contributed by atoms with van der Waals surface area (Å²) in [5.41, 5.74) is 5.00. The molecule has 0 saturated carbocycles. The first-order valence-corrected chi connectivity index (χ1v) is 5.13. The van der Waals surface area contributed by atoms with Crippen molar-refractivity contribution in [3.8, 4) is 0 Å². The topological polar surface area (TPSA) is 75.8 Å². The number of nitrogens with two attached hydrogens (primary N) is 1. The Balaban J connectivity index is 2.35. The molecule has 5 nitrogen and oxygen atoms in total. The fourth-order valence-electron chi connectivity index (χ4n) is 1.55. The summed E-state index contributed by atoms with van der Waals surface area (Å²) in [5.74, 6) is 0. The normalized spacial score (nSPS) is 19.7. The number of aliphatic hydroxyl groups is 1. The second kappa shape index (κ2) is 3.98. The van der Waals surface area contributed by atoms with Crippen molar-refractivity contribution in [2.24, 2.45) is 5.73 Å². The van der Waals surface area contributed by atoms with Crippen LogP contribution in [0.3, 0.4) is 0 Å². The molecule has 1 saturated heterocycles. The zero-order valence-corrected chi connectivity index (χ0v) is 9.62. The quantitative estimate of drug-likeness (QED) is 0.697. The monoisotopic (exact) mass is 216 g/mol. The lowest BCUT2D eigenvalue weighted by molar-refractivity contribution is -0.0124. The number of rotatable bonds is 2. The standard InChI is InChI=1S/C10H20N2O3/c1-9(2,3)15-8(14)12-6-10(11,7-12)4-5-13/h13H,4-7,11H2,1-3H3. The molecule has 0 aromatic rings. The van der Waals surface area contributed by atoms with Crippen LogP contribution in [0, 0.1) is 0 Å². The molecular formula is C10H20N2O3. The van der Waals surface area contributed by atoms with E-state index >= 15 is 0 Å². The largest absolute Gasteiger partial charge is 0.444 e. The van der Waals surface area contributed by atoms with E-state index in [9.17, 15) is 4.79 Å². The van der Waals surface area contributed by atoms with Crippen molar-refractivity contribution >= 4 is 6.09 Å². The maximum absolute atomic E-state index is 11.5. The van der Waals surface area contributed by atoms with Crippen LogP contribution < -0.4 is 5.73 Å². The Morgan fingerprint density at radius 2 is 2.07 bits per heavy atom. The summed E-state index contributed by atoms with van der Waals surface area (Å²) in [6.07, 6.45) is 0.188. The Kier molecular flexibility index (Phi) is 3.25. The second-order valence-electron chi connectivity index (χ2n) is 5.17. The van der Waals surface area contributed by atoms with E-state index < -0.39 is 11.1 Å². The maximum Gasteiger partial charge on any atom is 0.410 e. The Morgan fingerprint density at radius 3 is 2.47 bits per heavy atom. The number of ether oxygens (including phenoxy) is 1. The molecule has 1 fully saturated rings. The predicted octanol–water partition coefficient (Wildman–Crippen LogP) is 0.317. The second-order valence-corrected chi connectivity index (χ2v) is 5.17. The lowest BCUT2D eigenvalue weighted by Gasteiger charge is -2.47. The summed E-state index contributed by atoms with van der Waals surface area (Å²) in [4.78, 5) is 13.1. The summed E-state index contributed by atoms with van der Waals surface area (Å²) in [6, 6.07) is 0. The van der Waals surface area contributed by atoms with Crippen molar-refractivity contribution in [1.29, 1.82) is 0 Å². The number of carbonyl (C=O) groups excluding carboxylic acids is 1. The smallest absolute Gasteiger partial charge is 0.410 e. The molecule has 0 bridgehead atoms. The Morgan fingerprint density at radius 1 is 1.53 bits per heavy atom. The minimum absolute atomic E-state index is 0.0542. The summed E-state index contributed by atoms with van der Waals surface area (Å²) >= 11 is 0. The Hall–Kier alpha value is -0.810. The van der Waals surface area contributed by atoms with E-state index in [0.717, 1.165) is 0 Å². The van der Waals surface area contributed by atoms with Crippen molar-refractivity contribution in [3.05, 3.63) is 0 Å². The Bertz CT molecular complexity index is 242. The molecule has 1 aliphatic heterocycles. The minimum Gasteiger partial charge on any atom is -0.444 e. The van der Waals surface area contributed by atoms with Gasteiger partial charge in [-0.2, -0.15) is 0 Å². The van der Waals surface area contributed by atoms with Gasteiger partial charge in [0, 0.05) is 19.7 Å². The van der Waals surface area contributed by atoms with Gasteiger partial charge in [0.05, 0.1) is 5.54 Å². The summed E-state index contributed by atoms with van der Waals surface area (Å²) in [5, 5.41) is 8.76. The van der Waals surface area contributed by atoms with Gasteiger partial charge in [0.25, 0.3) is 0 Å². The first-order valence-electron chi connectivity index (χ1n) is 5.13. The molecule has 1 rings (SSSR count). The molecule has 1 amide bonds. The molecule has 15 heavy (non-hydrogen) atoms. The van der Waals surface area contributed by atoms with Gasteiger partial charge in [-0.25, -0.2) is 4.79 Å². The highest BCUT2D eigenvalue weighted by molar-refractivity contribution is 5.69. The van der Waals surface area contributed by atoms with Crippen molar-refractivity contribution < 1.29 is 14.6 Å². The average Bonchev–Trinajstić information content (AvgIpc) is 1.96. The van der Waals surface area contributed by atoms with Crippen LogP contribution in [0.2, 0.25) is 0 Å². The first-order chi connectivity index (χ1) is 6.76. The zero-order chi connectivity index (χ0) is 11.7. The molecule has 1 heterocycles. The number of amides is 1. The molecular weight excluding hydrogens is 196 g/mol. The highest BCUT2D eigenvalue weighted by Gasteiger charge is 2.42. The third-order valence-corrected chi connectivity index (χ3v) is 2.27. The molecule has 0 radical (unpaired) electrons. The maximum atomic E-state index is 11.5. The summed E-state index contributed by atoms with van der Waals surface area (Å²) < 4.78 is 5.18. The SMILES string of the molecule is CC(C)(C)OC(=O)N1CC(N)(CCO)C1. The Labute approximate surface area is 90.2 Å². The van der Waals surface area contributed by atoms with Gasteiger partial charge in [0.15, 0.2) is 0 Å². The van der Waals surface area contributed by atoms with E-state index in [1.54, 1.807) is 4.90 Å². The van der Waals surface area contributed by atoms with E-state index in [4.69, 9.17) is 15.6 Å². The molecule has 0 spiro atoms. The van der Waals surface area contributed by atoms with Crippen LogP contribution in [-0.2, 0) is 4.74 Å². The van der Waals surface area contributed by atoms with Gasteiger partial charge < -0.3 is 20.5 Å². The van der Waals surface area contributed by atoms with Crippen LogP contribution in [0.25, 0.3) is 0 Å². The van der Waals surface area contributed by atoms with Gasteiger partial charge in [-0.1, -0.05) is 0 Å². The van der Waals surface area contributed by atoms with Gasteiger partial charge in [-0.3, -0.25) is 0 Å². The van der Waals surface area contributed by atoms with Crippen LogP contribution in [-0.4, -0.2) is 46.9 Å².